The monoisotopic (exact) mass is 293 g/mol. The van der Waals surface area contributed by atoms with Crippen LogP contribution in [0, 0.1) is 0 Å². The zero-order chi connectivity index (χ0) is 14.3. The van der Waals surface area contributed by atoms with Crippen molar-refractivity contribution in [1.29, 1.82) is 0 Å². The summed E-state index contributed by atoms with van der Waals surface area (Å²) in [7, 11) is -4.15. The predicted molar refractivity (Wildman–Crippen MR) is 71.5 cm³/mol. The molecule has 0 aromatic heterocycles. The molecule has 1 atom stereocenters. The summed E-state index contributed by atoms with van der Waals surface area (Å²) >= 11 is 0. The van der Waals surface area contributed by atoms with Gasteiger partial charge in [0.2, 0.25) is 0 Å². The molecule has 0 spiro atoms. The van der Waals surface area contributed by atoms with Crippen molar-refractivity contribution in [3.63, 3.8) is 0 Å². The highest BCUT2D eigenvalue weighted by Gasteiger charge is 2.22. The quantitative estimate of drug-likeness (QED) is 0.540. The second-order valence-corrected chi connectivity index (χ2v) is 6.45. The summed E-state index contributed by atoms with van der Waals surface area (Å²) in [6, 6.07) is 0.345. The van der Waals surface area contributed by atoms with Gasteiger partial charge in [-0.2, -0.15) is 8.42 Å². The van der Waals surface area contributed by atoms with E-state index in [0.717, 1.165) is 25.7 Å². The molecule has 1 saturated carbocycles. The summed E-state index contributed by atoms with van der Waals surface area (Å²) < 4.78 is 35.7. The van der Waals surface area contributed by atoms with Crippen LogP contribution in [0.15, 0.2) is 0 Å². The largest absolute Gasteiger partial charge is 0.460 e. The maximum atomic E-state index is 11.2. The molecule has 2 N–H and O–H groups in total. The lowest BCUT2D eigenvalue weighted by Crippen LogP contribution is -2.41. The van der Waals surface area contributed by atoms with Crippen molar-refractivity contribution in [2.75, 3.05) is 12.3 Å². The van der Waals surface area contributed by atoms with Gasteiger partial charge < -0.3 is 10.1 Å². The zero-order valence-corrected chi connectivity index (χ0v) is 12.1. The molecule has 0 bridgehead atoms. The van der Waals surface area contributed by atoms with E-state index in [1.54, 1.807) is 6.92 Å². The molecule has 0 amide bonds. The number of hydrogen-bond acceptors (Lipinski definition) is 5. The van der Waals surface area contributed by atoms with E-state index < -0.39 is 27.9 Å². The first-order valence-electron chi connectivity index (χ1n) is 6.78. The number of esters is 1. The summed E-state index contributed by atoms with van der Waals surface area (Å²) in [4.78, 5) is 11.2. The lowest BCUT2D eigenvalue weighted by molar-refractivity contribution is -0.147. The molecule has 0 saturated heterocycles. The van der Waals surface area contributed by atoms with E-state index in [1.807, 2.05) is 0 Å². The highest BCUT2D eigenvalue weighted by molar-refractivity contribution is 7.85. The maximum absolute atomic E-state index is 11.2. The molecule has 1 unspecified atom stereocenters. The first-order chi connectivity index (χ1) is 8.90. The lowest BCUT2D eigenvalue weighted by Gasteiger charge is -2.25. The molecule has 1 fully saturated rings. The Balaban J connectivity index is 2.45. The summed E-state index contributed by atoms with van der Waals surface area (Å²) in [6.07, 6.45) is 5.03. The van der Waals surface area contributed by atoms with Crippen LogP contribution in [-0.2, 0) is 19.6 Å². The highest BCUT2D eigenvalue weighted by Crippen LogP contribution is 2.17. The molecular formula is C12H23NO5S. The van der Waals surface area contributed by atoms with Gasteiger partial charge in [0, 0.05) is 19.0 Å². The van der Waals surface area contributed by atoms with E-state index >= 15 is 0 Å². The van der Waals surface area contributed by atoms with Crippen molar-refractivity contribution in [2.45, 2.75) is 57.6 Å². The Morgan fingerprint density at radius 3 is 2.53 bits per heavy atom. The van der Waals surface area contributed by atoms with Gasteiger partial charge in [0.15, 0.2) is 0 Å². The average molecular weight is 293 g/mol. The van der Waals surface area contributed by atoms with Crippen LogP contribution in [0.5, 0.6) is 0 Å². The number of hydrogen-bond donors (Lipinski definition) is 2. The Morgan fingerprint density at radius 1 is 1.37 bits per heavy atom. The summed E-state index contributed by atoms with van der Waals surface area (Å²) in [5.41, 5.74) is 0. The van der Waals surface area contributed by atoms with Gasteiger partial charge >= 0.3 is 5.97 Å². The van der Waals surface area contributed by atoms with E-state index in [1.165, 1.54) is 6.42 Å². The second-order valence-electron chi connectivity index (χ2n) is 4.96. The molecule has 1 rings (SSSR count). The maximum Gasteiger partial charge on any atom is 0.305 e. The van der Waals surface area contributed by atoms with Crippen molar-refractivity contribution in [1.82, 2.24) is 5.32 Å². The molecule has 0 aliphatic heterocycles. The third kappa shape index (κ3) is 7.49. The van der Waals surface area contributed by atoms with E-state index in [2.05, 4.69) is 5.32 Å². The number of carbonyl (C=O) groups is 1. The van der Waals surface area contributed by atoms with Gasteiger partial charge in [-0.3, -0.25) is 9.35 Å². The minimum atomic E-state index is -4.15. The minimum absolute atomic E-state index is 0.186. The van der Waals surface area contributed by atoms with Crippen molar-refractivity contribution < 1.29 is 22.5 Å². The molecular weight excluding hydrogens is 270 g/mol. The molecule has 0 radical (unpaired) electrons. The summed E-state index contributed by atoms with van der Waals surface area (Å²) in [6.45, 7) is 1.90. The fourth-order valence-electron chi connectivity index (χ4n) is 2.24. The average Bonchev–Trinajstić information content (AvgIpc) is 2.35. The SMILES string of the molecule is CCC(=O)OC(CNC1CCCCC1)CS(=O)(=O)O. The van der Waals surface area contributed by atoms with E-state index in [9.17, 15) is 13.2 Å². The van der Waals surface area contributed by atoms with Gasteiger partial charge in [-0.25, -0.2) is 0 Å². The standard InChI is InChI=1S/C12H23NO5S/c1-2-12(14)18-11(9-19(15,16)17)8-13-10-6-4-3-5-7-10/h10-11,13H,2-9H2,1H3,(H,15,16,17). The fourth-order valence-corrected chi connectivity index (χ4v) is 2.90. The lowest BCUT2D eigenvalue weighted by atomic mass is 9.95. The molecule has 6 nitrogen and oxygen atoms in total. The minimum Gasteiger partial charge on any atom is -0.460 e. The first kappa shape index (κ1) is 16.4. The Labute approximate surface area is 114 Å². The Kier molecular flexibility index (Phi) is 6.74. The van der Waals surface area contributed by atoms with Crippen molar-refractivity contribution in [3.05, 3.63) is 0 Å². The van der Waals surface area contributed by atoms with Crippen LogP contribution in [0.4, 0.5) is 0 Å². The van der Waals surface area contributed by atoms with Crippen LogP contribution in [0.1, 0.15) is 45.4 Å². The molecule has 0 aromatic carbocycles. The van der Waals surface area contributed by atoms with Crippen molar-refractivity contribution >= 4 is 16.1 Å². The van der Waals surface area contributed by atoms with E-state index in [0.29, 0.717) is 6.04 Å². The molecule has 1 aliphatic rings. The molecule has 0 aromatic rings. The van der Waals surface area contributed by atoms with Crippen molar-refractivity contribution in [2.24, 2.45) is 0 Å². The van der Waals surface area contributed by atoms with Gasteiger partial charge in [-0.05, 0) is 12.8 Å². The molecule has 1 aliphatic carbocycles. The predicted octanol–water partition coefficient (Wildman–Crippen LogP) is 1.12. The summed E-state index contributed by atoms with van der Waals surface area (Å²) in [5.74, 6) is -1.02. The Bertz CT molecular complexity index is 376. The molecule has 0 heterocycles. The first-order valence-corrected chi connectivity index (χ1v) is 8.39. The summed E-state index contributed by atoms with van der Waals surface area (Å²) in [5, 5.41) is 3.22. The number of carbonyl (C=O) groups excluding carboxylic acids is 1. The van der Waals surface area contributed by atoms with Gasteiger partial charge in [-0.1, -0.05) is 26.2 Å². The number of nitrogens with one attached hydrogen (secondary N) is 1. The third-order valence-electron chi connectivity index (χ3n) is 3.22. The van der Waals surface area contributed by atoms with Crippen LogP contribution in [0.2, 0.25) is 0 Å². The topological polar surface area (TPSA) is 92.7 Å². The van der Waals surface area contributed by atoms with Crippen LogP contribution >= 0.6 is 0 Å². The van der Waals surface area contributed by atoms with Gasteiger partial charge in [0.1, 0.15) is 11.9 Å². The third-order valence-corrected chi connectivity index (χ3v) is 4.02. The zero-order valence-electron chi connectivity index (χ0n) is 11.3. The fraction of sp³-hybridized carbons (Fsp3) is 0.917. The van der Waals surface area contributed by atoms with E-state index in [-0.39, 0.29) is 13.0 Å². The van der Waals surface area contributed by atoms with Crippen LogP contribution in [-0.4, -0.2) is 43.4 Å². The van der Waals surface area contributed by atoms with Crippen LogP contribution < -0.4 is 5.32 Å². The number of ether oxygens (including phenoxy) is 1. The molecule has 19 heavy (non-hydrogen) atoms. The van der Waals surface area contributed by atoms with Crippen molar-refractivity contribution in [3.8, 4) is 0 Å². The normalized spacial score (nSPS) is 19.1. The molecule has 7 heteroatoms. The Hall–Kier alpha value is -0.660. The van der Waals surface area contributed by atoms with E-state index in [4.69, 9.17) is 9.29 Å². The van der Waals surface area contributed by atoms with Gasteiger partial charge in [0.05, 0.1) is 0 Å². The number of rotatable bonds is 7. The highest BCUT2D eigenvalue weighted by atomic mass is 32.2. The van der Waals surface area contributed by atoms with Gasteiger partial charge in [0.25, 0.3) is 10.1 Å². The van der Waals surface area contributed by atoms with Gasteiger partial charge in [-0.15, -0.1) is 0 Å². The second kappa shape index (κ2) is 7.81. The van der Waals surface area contributed by atoms with Crippen LogP contribution in [0.25, 0.3) is 0 Å². The smallest absolute Gasteiger partial charge is 0.305 e. The molecule has 112 valence electrons. The Morgan fingerprint density at radius 2 is 2.00 bits per heavy atom. The van der Waals surface area contributed by atoms with Crippen LogP contribution in [0.3, 0.4) is 0 Å².